The summed E-state index contributed by atoms with van der Waals surface area (Å²) < 4.78 is 4.88. The number of hydrogen-bond donors (Lipinski definition) is 1. The number of aliphatic carboxylic acids is 1. The van der Waals surface area contributed by atoms with E-state index in [1.165, 1.54) is 6.92 Å². The molecule has 1 N–H and O–H groups in total. The lowest BCUT2D eigenvalue weighted by molar-refractivity contribution is -0.167. The summed E-state index contributed by atoms with van der Waals surface area (Å²) in [5, 5.41) is 8.86. The van der Waals surface area contributed by atoms with Crippen molar-refractivity contribution in [2.75, 3.05) is 0 Å². The van der Waals surface area contributed by atoms with Crippen LogP contribution < -0.4 is 0 Å². The van der Waals surface area contributed by atoms with E-state index in [0.29, 0.717) is 6.42 Å². The second kappa shape index (κ2) is 3.98. The van der Waals surface area contributed by atoms with Crippen molar-refractivity contribution in [3.05, 3.63) is 0 Å². The molecule has 1 rings (SSSR count). The zero-order valence-corrected chi connectivity index (χ0v) is 8.58. The van der Waals surface area contributed by atoms with E-state index in [9.17, 15) is 9.59 Å². The van der Waals surface area contributed by atoms with Crippen molar-refractivity contribution in [2.24, 2.45) is 5.92 Å². The topological polar surface area (TPSA) is 63.6 Å². The molecule has 1 fully saturated rings. The van der Waals surface area contributed by atoms with Gasteiger partial charge in [0.1, 0.15) is 0 Å². The molecular weight excluding hydrogens is 184 g/mol. The fraction of sp³-hybridized carbons (Fsp3) is 0.800. The van der Waals surface area contributed by atoms with Gasteiger partial charge in [-0.05, 0) is 13.3 Å². The van der Waals surface area contributed by atoms with Gasteiger partial charge in [0.2, 0.25) is 5.60 Å². The molecule has 2 unspecified atom stereocenters. The third kappa shape index (κ3) is 2.05. The van der Waals surface area contributed by atoms with Crippen molar-refractivity contribution >= 4 is 11.9 Å². The zero-order chi connectivity index (χ0) is 10.8. The Morgan fingerprint density at radius 1 is 1.71 bits per heavy atom. The first-order valence-corrected chi connectivity index (χ1v) is 4.96. The molecule has 0 aliphatic carbocycles. The largest absolute Gasteiger partial charge is 0.478 e. The summed E-state index contributed by atoms with van der Waals surface area (Å²) in [5.41, 5.74) is -1.30. The molecule has 4 heteroatoms. The van der Waals surface area contributed by atoms with E-state index in [2.05, 4.69) is 0 Å². The molecule has 1 saturated heterocycles. The van der Waals surface area contributed by atoms with Gasteiger partial charge in [-0.3, -0.25) is 4.79 Å². The van der Waals surface area contributed by atoms with Crippen molar-refractivity contribution in [2.45, 2.75) is 45.1 Å². The van der Waals surface area contributed by atoms with E-state index in [4.69, 9.17) is 9.84 Å². The molecule has 4 nitrogen and oxygen atoms in total. The minimum atomic E-state index is -1.30. The fourth-order valence-corrected chi connectivity index (χ4v) is 1.70. The Morgan fingerprint density at radius 3 is 2.79 bits per heavy atom. The number of carboxylic acid groups (broad SMARTS) is 1. The van der Waals surface area contributed by atoms with Crippen LogP contribution in [-0.4, -0.2) is 22.6 Å². The second-order valence-corrected chi connectivity index (χ2v) is 4.00. The van der Waals surface area contributed by atoms with Gasteiger partial charge >= 0.3 is 11.9 Å². The predicted molar refractivity (Wildman–Crippen MR) is 49.8 cm³/mol. The van der Waals surface area contributed by atoms with Gasteiger partial charge in [0, 0.05) is 6.42 Å². The molecule has 1 aliphatic rings. The smallest absolute Gasteiger partial charge is 0.347 e. The van der Waals surface area contributed by atoms with Crippen LogP contribution in [0.2, 0.25) is 0 Å². The maximum atomic E-state index is 11.3. The Hall–Kier alpha value is -1.06. The Kier molecular flexibility index (Phi) is 3.13. The van der Waals surface area contributed by atoms with Gasteiger partial charge in [-0.2, -0.15) is 0 Å². The summed E-state index contributed by atoms with van der Waals surface area (Å²) in [7, 11) is 0. The van der Waals surface area contributed by atoms with Crippen LogP contribution in [0.15, 0.2) is 0 Å². The van der Waals surface area contributed by atoms with E-state index in [1.807, 2.05) is 6.92 Å². The van der Waals surface area contributed by atoms with Crippen molar-refractivity contribution < 1.29 is 19.4 Å². The number of carboxylic acids is 1. The van der Waals surface area contributed by atoms with Crippen LogP contribution in [0.1, 0.15) is 39.5 Å². The maximum absolute atomic E-state index is 11.3. The monoisotopic (exact) mass is 200 g/mol. The van der Waals surface area contributed by atoms with Crippen molar-refractivity contribution in [1.82, 2.24) is 0 Å². The first-order chi connectivity index (χ1) is 6.49. The molecule has 1 aliphatic heterocycles. The summed E-state index contributed by atoms with van der Waals surface area (Å²) in [6.07, 6.45) is 2.99. The number of carbonyl (C=O) groups excluding carboxylic acids is 1. The van der Waals surface area contributed by atoms with Crippen LogP contribution in [0.5, 0.6) is 0 Å². The SMILES string of the molecule is CCCCC1CC(C)(C(=O)O)OC1=O. The van der Waals surface area contributed by atoms with Gasteiger partial charge in [0.15, 0.2) is 0 Å². The Bertz CT molecular complexity index is 249. The number of carbonyl (C=O) groups is 2. The van der Waals surface area contributed by atoms with Gasteiger partial charge in [-0.15, -0.1) is 0 Å². The van der Waals surface area contributed by atoms with Crippen LogP contribution in [-0.2, 0) is 14.3 Å². The number of cyclic esters (lactones) is 1. The minimum absolute atomic E-state index is 0.226. The molecule has 0 spiro atoms. The van der Waals surface area contributed by atoms with Crippen molar-refractivity contribution in [1.29, 1.82) is 0 Å². The van der Waals surface area contributed by atoms with Crippen molar-refractivity contribution in [3.8, 4) is 0 Å². The van der Waals surface area contributed by atoms with E-state index in [-0.39, 0.29) is 11.9 Å². The van der Waals surface area contributed by atoms with Gasteiger partial charge in [0.05, 0.1) is 5.92 Å². The number of ether oxygens (including phenoxy) is 1. The highest BCUT2D eigenvalue weighted by atomic mass is 16.6. The molecule has 80 valence electrons. The second-order valence-electron chi connectivity index (χ2n) is 4.00. The lowest BCUT2D eigenvalue weighted by Gasteiger charge is -2.15. The lowest BCUT2D eigenvalue weighted by atomic mass is 9.92. The molecule has 0 aromatic rings. The Morgan fingerprint density at radius 2 is 2.36 bits per heavy atom. The highest BCUT2D eigenvalue weighted by molar-refractivity contribution is 5.86. The number of unbranched alkanes of at least 4 members (excludes halogenated alkanes) is 1. The van der Waals surface area contributed by atoms with E-state index in [0.717, 1.165) is 19.3 Å². The normalized spacial score (nSPS) is 31.6. The van der Waals surface area contributed by atoms with Gasteiger partial charge < -0.3 is 9.84 Å². The van der Waals surface area contributed by atoms with Gasteiger partial charge in [-0.25, -0.2) is 4.79 Å². The third-order valence-electron chi connectivity index (χ3n) is 2.65. The van der Waals surface area contributed by atoms with Crippen molar-refractivity contribution in [3.63, 3.8) is 0 Å². The molecule has 0 bridgehead atoms. The summed E-state index contributed by atoms with van der Waals surface area (Å²) in [6.45, 7) is 3.50. The summed E-state index contributed by atoms with van der Waals surface area (Å²) in [4.78, 5) is 22.1. The quantitative estimate of drug-likeness (QED) is 0.700. The lowest BCUT2D eigenvalue weighted by Crippen LogP contribution is -2.34. The molecule has 14 heavy (non-hydrogen) atoms. The average Bonchev–Trinajstić information content (AvgIpc) is 2.39. The molecule has 2 atom stereocenters. The van der Waals surface area contributed by atoms with Crippen LogP contribution in [0, 0.1) is 5.92 Å². The first kappa shape index (κ1) is 11.0. The van der Waals surface area contributed by atoms with Crippen LogP contribution in [0.3, 0.4) is 0 Å². The highest BCUT2D eigenvalue weighted by Gasteiger charge is 2.48. The zero-order valence-electron chi connectivity index (χ0n) is 8.58. The summed E-state index contributed by atoms with van der Waals surface area (Å²) >= 11 is 0. The maximum Gasteiger partial charge on any atom is 0.347 e. The summed E-state index contributed by atoms with van der Waals surface area (Å²) in [5.74, 6) is -1.63. The molecular formula is C10H16O4. The molecule has 1 heterocycles. The molecule has 0 saturated carbocycles. The first-order valence-electron chi connectivity index (χ1n) is 4.96. The van der Waals surface area contributed by atoms with E-state index < -0.39 is 11.6 Å². The Balaban J connectivity index is 2.59. The molecule has 0 amide bonds. The van der Waals surface area contributed by atoms with E-state index in [1.54, 1.807) is 0 Å². The predicted octanol–water partition coefficient (Wildman–Crippen LogP) is 1.58. The molecule has 0 radical (unpaired) electrons. The number of esters is 1. The summed E-state index contributed by atoms with van der Waals surface area (Å²) in [6, 6.07) is 0. The minimum Gasteiger partial charge on any atom is -0.478 e. The Labute approximate surface area is 83.2 Å². The molecule has 0 aromatic carbocycles. The average molecular weight is 200 g/mol. The van der Waals surface area contributed by atoms with Crippen LogP contribution in [0.4, 0.5) is 0 Å². The highest BCUT2D eigenvalue weighted by Crippen LogP contribution is 2.33. The van der Waals surface area contributed by atoms with Crippen LogP contribution >= 0.6 is 0 Å². The van der Waals surface area contributed by atoms with Gasteiger partial charge in [-0.1, -0.05) is 19.8 Å². The third-order valence-corrected chi connectivity index (χ3v) is 2.65. The fourth-order valence-electron chi connectivity index (χ4n) is 1.70. The van der Waals surface area contributed by atoms with Gasteiger partial charge in [0.25, 0.3) is 0 Å². The van der Waals surface area contributed by atoms with Crippen LogP contribution in [0.25, 0.3) is 0 Å². The number of hydrogen-bond acceptors (Lipinski definition) is 3. The van der Waals surface area contributed by atoms with E-state index >= 15 is 0 Å². The number of rotatable bonds is 4. The standard InChI is InChI=1S/C10H16O4/c1-3-4-5-7-6-10(2,9(12)13)14-8(7)11/h7H,3-6H2,1-2H3,(H,12,13). The molecule has 0 aromatic heterocycles.